The van der Waals surface area contributed by atoms with Crippen molar-refractivity contribution in [2.75, 3.05) is 0 Å². The molecule has 0 radical (unpaired) electrons. The van der Waals surface area contributed by atoms with E-state index in [1.807, 2.05) is 26.0 Å². The summed E-state index contributed by atoms with van der Waals surface area (Å²) in [5.74, 6) is -0.444. The first-order valence-electron chi connectivity index (χ1n) is 6.27. The summed E-state index contributed by atoms with van der Waals surface area (Å²) in [6.45, 7) is 3.98. The van der Waals surface area contributed by atoms with Crippen LogP contribution in [0.2, 0.25) is 5.02 Å². The fourth-order valence-electron chi connectivity index (χ4n) is 2.18. The molecule has 0 aliphatic rings. The molecule has 1 atom stereocenters. The first-order chi connectivity index (χ1) is 9.38. The quantitative estimate of drug-likeness (QED) is 0.807. The van der Waals surface area contributed by atoms with Gasteiger partial charge in [0.15, 0.2) is 0 Å². The molecule has 1 nitrogen and oxygen atoms in total. The summed E-state index contributed by atoms with van der Waals surface area (Å²) >= 11 is 9.26. The highest BCUT2D eigenvalue weighted by atomic mass is 79.9. The van der Waals surface area contributed by atoms with Crippen LogP contribution in [0.4, 0.5) is 4.39 Å². The van der Waals surface area contributed by atoms with Crippen LogP contribution >= 0.6 is 27.5 Å². The Labute approximate surface area is 131 Å². The molecule has 0 aliphatic heterocycles. The van der Waals surface area contributed by atoms with Crippen molar-refractivity contribution >= 4 is 27.5 Å². The number of hydrogen-bond donors (Lipinski definition) is 1. The lowest BCUT2D eigenvalue weighted by Crippen LogP contribution is -2.03. The summed E-state index contributed by atoms with van der Waals surface area (Å²) in [7, 11) is 0. The SMILES string of the molecule is Cc1cc(C(O)Cc2ccc(F)c(Cl)c2)cc(C)c1Br. The molecule has 106 valence electrons. The van der Waals surface area contributed by atoms with Gasteiger partial charge in [-0.15, -0.1) is 0 Å². The lowest BCUT2D eigenvalue weighted by Gasteiger charge is -2.14. The number of aliphatic hydroxyl groups excluding tert-OH is 1. The first-order valence-corrected chi connectivity index (χ1v) is 7.44. The molecule has 0 heterocycles. The molecule has 0 aliphatic carbocycles. The van der Waals surface area contributed by atoms with Gasteiger partial charge in [0.25, 0.3) is 0 Å². The van der Waals surface area contributed by atoms with Gasteiger partial charge in [0, 0.05) is 10.9 Å². The molecule has 0 saturated carbocycles. The van der Waals surface area contributed by atoms with Crippen molar-refractivity contribution in [1.29, 1.82) is 0 Å². The van der Waals surface area contributed by atoms with Crippen molar-refractivity contribution in [2.45, 2.75) is 26.4 Å². The van der Waals surface area contributed by atoms with E-state index in [0.29, 0.717) is 6.42 Å². The van der Waals surface area contributed by atoms with Crippen molar-refractivity contribution in [3.63, 3.8) is 0 Å². The molecule has 2 aromatic rings. The van der Waals surface area contributed by atoms with Gasteiger partial charge in [0.05, 0.1) is 11.1 Å². The minimum Gasteiger partial charge on any atom is -0.388 e. The molecule has 2 rings (SSSR count). The summed E-state index contributed by atoms with van der Waals surface area (Å²) in [6, 6.07) is 8.42. The number of hydrogen-bond acceptors (Lipinski definition) is 1. The van der Waals surface area contributed by atoms with E-state index in [0.717, 1.165) is 26.7 Å². The van der Waals surface area contributed by atoms with E-state index < -0.39 is 11.9 Å². The Bertz CT molecular complexity index is 619. The summed E-state index contributed by atoms with van der Waals surface area (Å²) < 4.78 is 14.2. The summed E-state index contributed by atoms with van der Waals surface area (Å²) in [6.07, 6.45) is -0.234. The van der Waals surface area contributed by atoms with Crippen LogP contribution in [0.25, 0.3) is 0 Å². The van der Waals surface area contributed by atoms with Gasteiger partial charge in [-0.1, -0.05) is 45.7 Å². The Morgan fingerprint density at radius 1 is 1.20 bits per heavy atom. The Morgan fingerprint density at radius 2 is 1.80 bits per heavy atom. The smallest absolute Gasteiger partial charge is 0.141 e. The van der Waals surface area contributed by atoms with Crippen LogP contribution in [0.1, 0.15) is 28.4 Å². The van der Waals surface area contributed by atoms with E-state index in [-0.39, 0.29) is 5.02 Å². The highest BCUT2D eigenvalue weighted by molar-refractivity contribution is 9.10. The zero-order valence-corrected chi connectivity index (χ0v) is 13.6. The van der Waals surface area contributed by atoms with Crippen LogP contribution < -0.4 is 0 Å². The second-order valence-corrected chi connectivity index (χ2v) is 6.14. The Hall–Kier alpha value is -0.900. The fraction of sp³-hybridized carbons (Fsp3) is 0.250. The molecule has 0 aromatic heterocycles. The molecule has 0 spiro atoms. The Morgan fingerprint density at radius 3 is 2.35 bits per heavy atom. The monoisotopic (exact) mass is 356 g/mol. The molecular formula is C16H15BrClFO. The van der Waals surface area contributed by atoms with Crippen LogP contribution in [-0.4, -0.2) is 5.11 Å². The minimum atomic E-state index is -0.637. The van der Waals surface area contributed by atoms with E-state index in [2.05, 4.69) is 15.9 Å². The topological polar surface area (TPSA) is 20.2 Å². The third kappa shape index (κ3) is 3.40. The van der Waals surface area contributed by atoms with Gasteiger partial charge >= 0.3 is 0 Å². The number of aliphatic hydroxyl groups is 1. The molecule has 20 heavy (non-hydrogen) atoms. The van der Waals surface area contributed by atoms with E-state index in [4.69, 9.17) is 11.6 Å². The molecule has 0 bridgehead atoms. The van der Waals surface area contributed by atoms with Gasteiger partial charge in [-0.25, -0.2) is 4.39 Å². The lowest BCUT2D eigenvalue weighted by molar-refractivity contribution is 0.178. The molecule has 0 amide bonds. The van der Waals surface area contributed by atoms with Gasteiger partial charge in [0.1, 0.15) is 5.82 Å². The van der Waals surface area contributed by atoms with Crippen molar-refractivity contribution in [3.8, 4) is 0 Å². The maximum absolute atomic E-state index is 13.1. The number of halogens is 3. The maximum Gasteiger partial charge on any atom is 0.141 e. The van der Waals surface area contributed by atoms with E-state index >= 15 is 0 Å². The lowest BCUT2D eigenvalue weighted by atomic mass is 9.98. The van der Waals surface area contributed by atoms with Crippen molar-refractivity contribution < 1.29 is 9.50 Å². The van der Waals surface area contributed by atoms with Crippen LogP contribution in [0, 0.1) is 19.7 Å². The zero-order valence-electron chi connectivity index (χ0n) is 11.3. The molecule has 2 aromatic carbocycles. The molecule has 1 unspecified atom stereocenters. The van der Waals surface area contributed by atoms with E-state index in [9.17, 15) is 9.50 Å². The number of rotatable bonds is 3. The third-order valence-corrected chi connectivity index (χ3v) is 4.80. The van der Waals surface area contributed by atoms with E-state index in [1.54, 1.807) is 12.1 Å². The molecular weight excluding hydrogens is 343 g/mol. The Balaban J connectivity index is 2.23. The first kappa shape index (κ1) is 15.5. The maximum atomic E-state index is 13.1. The highest BCUT2D eigenvalue weighted by Crippen LogP contribution is 2.28. The molecule has 1 N–H and O–H groups in total. The van der Waals surface area contributed by atoms with Crippen molar-refractivity contribution in [3.05, 3.63) is 67.9 Å². The number of aryl methyl sites for hydroxylation is 2. The average molecular weight is 358 g/mol. The predicted molar refractivity (Wildman–Crippen MR) is 83.7 cm³/mol. The second kappa shape index (κ2) is 6.25. The van der Waals surface area contributed by atoms with Crippen LogP contribution in [0.3, 0.4) is 0 Å². The van der Waals surface area contributed by atoms with Gasteiger partial charge in [-0.3, -0.25) is 0 Å². The summed E-state index contributed by atoms with van der Waals surface area (Å²) in [4.78, 5) is 0. The fourth-order valence-corrected chi connectivity index (χ4v) is 2.61. The summed E-state index contributed by atoms with van der Waals surface area (Å²) in [5.41, 5.74) is 3.82. The minimum absolute atomic E-state index is 0.0814. The standard InChI is InChI=1S/C16H15BrClFO/c1-9-5-12(6-10(2)16(9)17)15(20)8-11-3-4-14(19)13(18)7-11/h3-7,15,20H,8H2,1-2H3. The normalized spacial score (nSPS) is 12.5. The molecule has 0 fully saturated rings. The van der Waals surface area contributed by atoms with Crippen LogP contribution in [-0.2, 0) is 6.42 Å². The van der Waals surface area contributed by atoms with Gasteiger partial charge in [0.2, 0.25) is 0 Å². The van der Waals surface area contributed by atoms with E-state index in [1.165, 1.54) is 6.07 Å². The van der Waals surface area contributed by atoms with Gasteiger partial charge in [-0.2, -0.15) is 0 Å². The largest absolute Gasteiger partial charge is 0.388 e. The zero-order chi connectivity index (χ0) is 14.9. The van der Waals surface area contributed by atoms with Crippen molar-refractivity contribution in [2.24, 2.45) is 0 Å². The predicted octanol–water partition coefficient (Wildman–Crippen LogP) is 5.13. The highest BCUT2D eigenvalue weighted by Gasteiger charge is 2.12. The van der Waals surface area contributed by atoms with Crippen LogP contribution in [0.15, 0.2) is 34.8 Å². The average Bonchev–Trinajstić information content (AvgIpc) is 2.39. The third-order valence-electron chi connectivity index (χ3n) is 3.26. The molecule has 4 heteroatoms. The Kier molecular flexibility index (Phi) is 4.84. The summed E-state index contributed by atoms with van der Waals surface area (Å²) in [5, 5.41) is 10.4. The van der Waals surface area contributed by atoms with Gasteiger partial charge < -0.3 is 5.11 Å². The van der Waals surface area contributed by atoms with Gasteiger partial charge in [-0.05, 0) is 48.2 Å². The molecule has 0 saturated heterocycles. The number of benzene rings is 2. The van der Waals surface area contributed by atoms with Crippen LogP contribution in [0.5, 0.6) is 0 Å². The second-order valence-electron chi connectivity index (χ2n) is 4.94. The van der Waals surface area contributed by atoms with Crippen molar-refractivity contribution in [1.82, 2.24) is 0 Å².